The summed E-state index contributed by atoms with van der Waals surface area (Å²) in [6, 6.07) is 28.8. The highest BCUT2D eigenvalue weighted by Gasteiger charge is 2.18. The van der Waals surface area contributed by atoms with Crippen molar-refractivity contribution in [2.75, 3.05) is 32.3 Å². The van der Waals surface area contributed by atoms with Crippen LogP contribution in [0.2, 0.25) is 0 Å². The highest BCUT2D eigenvalue weighted by Crippen LogP contribution is 2.34. The molecular weight excluding hydrogens is 530 g/mol. The molecule has 0 radical (unpaired) electrons. The molecule has 0 spiro atoms. The van der Waals surface area contributed by atoms with Crippen molar-refractivity contribution < 1.29 is 23.8 Å². The molecule has 0 aliphatic heterocycles. The second kappa shape index (κ2) is 12.9. The van der Waals surface area contributed by atoms with Gasteiger partial charge in [-0.2, -0.15) is 5.10 Å². The lowest BCUT2D eigenvalue weighted by Crippen LogP contribution is -2.34. The molecule has 0 fully saturated rings. The number of carbonyl (C=O) groups excluding carboxylic acids is 2. The molecule has 0 saturated carbocycles. The van der Waals surface area contributed by atoms with Gasteiger partial charge < -0.3 is 19.1 Å². The summed E-state index contributed by atoms with van der Waals surface area (Å²) >= 11 is 0. The number of esters is 1. The summed E-state index contributed by atoms with van der Waals surface area (Å²) in [6.45, 7) is 1.95. The molecule has 5 rings (SSSR count). The Morgan fingerprint density at radius 1 is 0.881 bits per heavy atom. The zero-order valence-electron chi connectivity index (χ0n) is 23.7. The maximum Gasteiger partial charge on any atom is 0.331 e. The Kier molecular flexibility index (Phi) is 8.63. The molecule has 1 aromatic heterocycles. The summed E-state index contributed by atoms with van der Waals surface area (Å²) in [5.74, 6) is 0.212. The first-order valence-corrected chi connectivity index (χ1v) is 13.5. The molecule has 42 heavy (non-hydrogen) atoms. The van der Waals surface area contributed by atoms with Gasteiger partial charge in [-0.25, -0.2) is 9.48 Å². The molecule has 4 aromatic carbocycles. The van der Waals surface area contributed by atoms with Gasteiger partial charge in [-0.3, -0.25) is 4.79 Å². The van der Waals surface area contributed by atoms with Gasteiger partial charge in [-0.15, -0.1) is 0 Å². The Hall–Kier alpha value is -5.37. The first-order valence-electron chi connectivity index (χ1n) is 13.5. The van der Waals surface area contributed by atoms with Gasteiger partial charge >= 0.3 is 5.97 Å². The van der Waals surface area contributed by atoms with Gasteiger partial charge in [0.05, 0.1) is 25.6 Å². The van der Waals surface area contributed by atoms with E-state index in [1.807, 2.05) is 98.0 Å². The number of nitrogens with zero attached hydrogens (tertiary/aromatic N) is 3. The molecule has 0 bridgehead atoms. The van der Waals surface area contributed by atoms with Crippen LogP contribution in [0.25, 0.3) is 33.8 Å². The molecule has 0 saturated heterocycles. The van der Waals surface area contributed by atoms with Crippen LogP contribution in [0.3, 0.4) is 0 Å². The molecular formula is C34H31N3O5. The average Bonchev–Trinajstić information content (AvgIpc) is 3.47. The minimum atomic E-state index is -0.636. The predicted octanol–water partition coefficient (Wildman–Crippen LogP) is 6.32. The SMILES string of the molecule is CCN(C(=O)COC(=O)C=Cc1cn(-c2ccccc2)nc1-c1ccc(OC)c(OC)c1)c1cccc2ccccc12. The van der Waals surface area contributed by atoms with Crippen LogP contribution in [-0.2, 0) is 14.3 Å². The third-order valence-corrected chi connectivity index (χ3v) is 6.83. The van der Waals surface area contributed by atoms with Crippen molar-refractivity contribution in [1.82, 2.24) is 9.78 Å². The van der Waals surface area contributed by atoms with Gasteiger partial charge in [-0.1, -0.05) is 54.6 Å². The number of hydrogen-bond acceptors (Lipinski definition) is 6. The van der Waals surface area contributed by atoms with Crippen molar-refractivity contribution >= 4 is 34.4 Å². The van der Waals surface area contributed by atoms with Gasteiger partial charge in [-0.05, 0) is 54.8 Å². The van der Waals surface area contributed by atoms with Crippen molar-refractivity contribution in [2.45, 2.75) is 6.92 Å². The van der Waals surface area contributed by atoms with Gasteiger partial charge in [0, 0.05) is 35.3 Å². The van der Waals surface area contributed by atoms with E-state index in [-0.39, 0.29) is 12.5 Å². The molecule has 1 heterocycles. The molecule has 8 nitrogen and oxygen atoms in total. The highest BCUT2D eigenvalue weighted by atomic mass is 16.5. The predicted molar refractivity (Wildman–Crippen MR) is 164 cm³/mol. The first-order chi connectivity index (χ1) is 20.5. The summed E-state index contributed by atoms with van der Waals surface area (Å²) < 4.78 is 18.0. The lowest BCUT2D eigenvalue weighted by atomic mass is 10.1. The lowest BCUT2D eigenvalue weighted by Gasteiger charge is -2.22. The van der Waals surface area contributed by atoms with Crippen LogP contribution >= 0.6 is 0 Å². The summed E-state index contributed by atoms with van der Waals surface area (Å²) in [4.78, 5) is 27.5. The molecule has 0 unspecified atom stereocenters. The van der Waals surface area contributed by atoms with E-state index >= 15 is 0 Å². The summed E-state index contributed by atoms with van der Waals surface area (Å²) in [5, 5.41) is 6.77. The minimum absolute atomic E-state index is 0.307. The Labute approximate surface area is 244 Å². The van der Waals surface area contributed by atoms with Gasteiger partial charge in [0.2, 0.25) is 0 Å². The molecule has 1 amide bonds. The van der Waals surface area contributed by atoms with Crippen molar-refractivity contribution in [3.05, 3.63) is 109 Å². The van der Waals surface area contributed by atoms with Gasteiger partial charge in [0.15, 0.2) is 18.1 Å². The van der Waals surface area contributed by atoms with Crippen LogP contribution in [-0.4, -0.2) is 49.0 Å². The van der Waals surface area contributed by atoms with Gasteiger partial charge in [0.1, 0.15) is 5.69 Å². The van der Waals surface area contributed by atoms with Crippen LogP contribution in [0, 0.1) is 0 Å². The average molecular weight is 562 g/mol. The van der Waals surface area contributed by atoms with Crippen LogP contribution in [0.5, 0.6) is 11.5 Å². The number of para-hydroxylation sites is 1. The van der Waals surface area contributed by atoms with E-state index in [1.54, 1.807) is 35.9 Å². The Balaban J connectivity index is 1.36. The fourth-order valence-electron chi connectivity index (χ4n) is 4.77. The number of rotatable bonds is 10. The van der Waals surface area contributed by atoms with Crippen LogP contribution in [0.4, 0.5) is 5.69 Å². The first kappa shape index (κ1) is 28.2. The Morgan fingerprint density at radius 2 is 1.62 bits per heavy atom. The van der Waals surface area contributed by atoms with E-state index in [1.165, 1.54) is 6.08 Å². The number of aromatic nitrogens is 2. The molecule has 212 valence electrons. The normalized spacial score (nSPS) is 11.0. The van der Waals surface area contributed by atoms with E-state index in [0.29, 0.717) is 29.3 Å². The fraction of sp³-hybridized carbons (Fsp3) is 0.147. The third-order valence-electron chi connectivity index (χ3n) is 6.83. The third kappa shape index (κ3) is 6.02. The maximum absolute atomic E-state index is 13.1. The standard InChI is InChI=1S/C34H31N3O5/c1-4-36(29-16-10-12-24-11-8-9-15-28(24)29)32(38)23-42-33(39)20-18-26-22-37(27-13-6-5-7-14-27)35-34(26)25-17-19-30(40-2)31(21-25)41-3/h5-22H,4,23H2,1-3H3. The molecule has 8 heteroatoms. The number of methoxy groups -OCH3 is 2. The minimum Gasteiger partial charge on any atom is -0.493 e. The fourth-order valence-corrected chi connectivity index (χ4v) is 4.77. The number of fused-ring (bicyclic) bond motifs is 1. The zero-order chi connectivity index (χ0) is 29.5. The number of benzene rings is 4. The summed E-state index contributed by atoms with van der Waals surface area (Å²) in [7, 11) is 3.15. The second-order valence-electron chi connectivity index (χ2n) is 9.36. The smallest absolute Gasteiger partial charge is 0.331 e. The highest BCUT2D eigenvalue weighted by molar-refractivity contribution is 6.04. The topological polar surface area (TPSA) is 82.9 Å². The molecule has 0 N–H and O–H groups in total. The number of ether oxygens (including phenoxy) is 3. The Morgan fingerprint density at radius 3 is 2.38 bits per heavy atom. The van der Waals surface area contributed by atoms with E-state index in [9.17, 15) is 9.59 Å². The van der Waals surface area contributed by atoms with Crippen molar-refractivity contribution in [1.29, 1.82) is 0 Å². The monoisotopic (exact) mass is 561 g/mol. The summed E-state index contributed by atoms with van der Waals surface area (Å²) in [6.07, 6.45) is 4.77. The quantitative estimate of drug-likeness (QED) is 0.147. The van der Waals surface area contributed by atoms with E-state index < -0.39 is 5.97 Å². The molecule has 0 aliphatic rings. The van der Waals surface area contributed by atoms with Crippen molar-refractivity contribution in [3.63, 3.8) is 0 Å². The second-order valence-corrected chi connectivity index (χ2v) is 9.36. The van der Waals surface area contributed by atoms with E-state index in [2.05, 4.69) is 0 Å². The number of likely N-dealkylation sites (N-methyl/N-ethyl adjacent to an activating group) is 1. The maximum atomic E-state index is 13.1. The van der Waals surface area contributed by atoms with Crippen molar-refractivity contribution in [3.8, 4) is 28.4 Å². The number of carbonyl (C=O) groups is 2. The molecule has 0 atom stereocenters. The number of anilines is 1. The summed E-state index contributed by atoms with van der Waals surface area (Å²) in [5.41, 5.74) is 3.73. The zero-order valence-corrected chi connectivity index (χ0v) is 23.7. The van der Waals surface area contributed by atoms with E-state index in [4.69, 9.17) is 19.3 Å². The van der Waals surface area contributed by atoms with Crippen LogP contribution < -0.4 is 14.4 Å². The lowest BCUT2D eigenvalue weighted by molar-refractivity contribution is -0.142. The molecule has 5 aromatic rings. The molecule has 0 aliphatic carbocycles. The Bertz CT molecular complexity index is 1740. The van der Waals surface area contributed by atoms with Gasteiger partial charge in [0.25, 0.3) is 5.91 Å². The number of amides is 1. The van der Waals surface area contributed by atoms with Crippen LogP contribution in [0.1, 0.15) is 12.5 Å². The number of hydrogen-bond donors (Lipinski definition) is 0. The van der Waals surface area contributed by atoms with E-state index in [0.717, 1.165) is 27.7 Å². The van der Waals surface area contributed by atoms with Crippen LogP contribution in [0.15, 0.2) is 103 Å². The largest absolute Gasteiger partial charge is 0.493 e. The van der Waals surface area contributed by atoms with Crippen molar-refractivity contribution in [2.24, 2.45) is 0 Å².